The summed E-state index contributed by atoms with van der Waals surface area (Å²) >= 11 is 0. The van der Waals surface area contributed by atoms with Crippen LogP contribution in [0.3, 0.4) is 0 Å². The maximum absolute atomic E-state index is 11.4. The molecule has 1 N–H and O–H groups in total. The van der Waals surface area contributed by atoms with Crippen LogP contribution in [0, 0.1) is 12.8 Å². The van der Waals surface area contributed by atoms with E-state index in [4.69, 9.17) is 4.74 Å². The van der Waals surface area contributed by atoms with E-state index >= 15 is 0 Å². The number of aromatic nitrogens is 2. The molecule has 23 heavy (non-hydrogen) atoms. The molecule has 0 aliphatic carbocycles. The van der Waals surface area contributed by atoms with E-state index in [2.05, 4.69) is 5.10 Å². The van der Waals surface area contributed by atoms with E-state index in [1.807, 2.05) is 43.7 Å². The van der Waals surface area contributed by atoms with Crippen LogP contribution in [0.1, 0.15) is 31.5 Å². The van der Waals surface area contributed by atoms with Crippen LogP contribution in [0.5, 0.6) is 0 Å². The summed E-state index contributed by atoms with van der Waals surface area (Å²) in [6.07, 6.45) is 2.63. The number of carboxylic acid groups (broad SMARTS) is 1. The number of nitrogens with zero attached hydrogens (tertiary/aromatic N) is 2. The van der Waals surface area contributed by atoms with Gasteiger partial charge < -0.3 is 9.84 Å². The van der Waals surface area contributed by atoms with Crippen molar-refractivity contribution in [3.05, 3.63) is 35.0 Å². The van der Waals surface area contributed by atoms with Crippen LogP contribution in [-0.4, -0.2) is 34.6 Å². The first kappa shape index (κ1) is 17.2. The van der Waals surface area contributed by atoms with E-state index in [-0.39, 0.29) is 5.92 Å². The lowest BCUT2D eigenvalue weighted by Gasteiger charge is -2.07. The van der Waals surface area contributed by atoms with Gasteiger partial charge in [0.1, 0.15) is 0 Å². The van der Waals surface area contributed by atoms with Crippen LogP contribution < -0.4 is 0 Å². The van der Waals surface area contributed by atoms with E-state index in [1.54, 1.807) is 13.2 Å². The summed E-state index contributed by atoms with van der Waals surface area (Å²) in [6.45, 7) is 7.23. The molecule has 1 heterocycles. The maximum Gasteiger partial charge on any atom is 0.331 e. The Labute approximate surface area is 136 Å². The van der Waals surface area contributed by atoms with Crippen LogP contribution in [0.15, 0.2) is 23.8 Å². The smallest absolute Gasteiger partial charge is 0.331 e. The van der Waals surface area contributed by atoms with Crippen LogP contribution in [0.25, 0.3) is 17.0 Å². The Bertz CT molecular complexity index is 729. The number of hydrogen-bond acceptors (Lipinski definition) is 3. The van der Waals surface area contributed by atoms with Gasteiger partial charge in [0, 0.05) is 31.2 Å². The molecule has 124 valence electrons. The second-order valence-corrected chi connectivity index (χ2v) is 5.99. The van der Waals surface area contributed by atoms with Gasteiger partial charge in [-0.25, -0.2) is 4.79 Å². The average Bonchev–Trinajstić information content (AvgIpc) is 2.80. The van der Waals surface area contributed by atoms with Gasteiger partial charge in [-0.3, -0.25) is 4.68 Å². The van der Waals surface area contributed by atoms with Gasteiger partial charge in [-0.1, -0.05) is 26.0 Å². The third kappa shape index (κ3) is 3.99. The van der Waals surface area contributed by atoms with Gasteiger partial charge >= 0.3 is 5.97 Å². The molecule has 0 unspecified atom stereocenters. The van der Waals surface area contributed by atoms with E-state index < -0.39 is 5.97 Å². The predicted molar refractivity (Wildman–Crippen MR) is 91.4 cm³/mol. The highest BCUT2D eigenvalue weighted by Gasteiger charge is 2.13. The molecule has 0 saturated carbocycles. The highest BCUT2D eigenvalue weighted by molar-refractivity contribution is 5.93. The topological polar surface area (TPSA) is 64.4 Å². The molecule has 2 aromatic rings. The van der Waals surface area contributed by atoms with Gasteiger partial charge in [0.25, 0.3) is 0 Å². The number of carbonyl (C=O) groups is 1. The molecule has 1 aromatic carbocycles. The summed E-state index contributed by atoms with van der Waals surface area (Å²) in [6, 6.07) is 5.96. The Morgan fingerprint density at radius 3 is 2.78 bits per heavy atom. The van der Waals surface area contributed by atoms with Gasteiger partial charge in [0.2, 0.25) is 0 Å². The lowest BCUT2D eigenvalue weighted by atomic mass is 10.00. The number of methoxy groups -OCH3 is 1. The number of aliphatic carboxylic acids is 1. The summed E-state index contributed by atoms with van der Waals surface area (Å²) in [5, 5.41) is 15.0. The lowest BCUT2D eigenvalue weighted by Crippen LogP contribution is -2.06. The second-order valence-electron chi connectivity index (χ2n) is 5.99. The predicted octanol–water partition coefficient (Wildman–Crippen LogP) is 3.51. The molecule has 0 radical (unpaired) electrons. The fourth-order valence-corrected chi connectivity index (χ4v) is 2.63. The monoisotopic (exact) mass is 316 g/mol. The summed E-state index contributed by atoms with van der Waals surface area (Å²) in [5.41, 5.74) is 3.30. The lowest BCUT2D eigenvalue weighted by molar-refractivity contribution is -0.133. The molecule has 0 bridgehead atoms. The van der Waals surface area contributed by atoms with Crippen molar-refractivity contribution in [1.82, 2.24) is 9.78 Å². The average molecular weight is 316 g/mol. The van der Waals surface area contributed by atoms with Gasteiger partial charge in [-0.15, -0.1) is 0 Å². The van der Waals surface area contributed by atoms with Crippen molar-refractivity contribution < 1.29 is 14.6 Å². The summed E-state index contributed by atoms with van der Waals surface area (Å²) in [4.78, 5) is 11.4. The van der Waals surface area contributed by atoms with E-state index in [9.17, 15) is 9.90 Å². The number of ether oxygens (including phenoxy) is 1. The minimum Gasteiger partial charge on any atom is -0.478 e. The standard InChI is InChI=1S/C18H24N2O3/c1-12(2)16(18(21)22)10-14-6-7-15-13(3)19-20(17(15)11-14)8-5-9-23-4/h6-7,10-12H,5,8-9H2,1-4H3,(H,21,22). The molecule has 5 heteroatoms. The molecule has 1 aromatic heterocycles. The molecular formula is C18H24N2O3. The van der Waals surface area contributed by atoms with Crippen LogP contribution in [-0.2, 0) is 16.1 Å². The molecular weight excluding hydrogens is 292 g/mol. The Balaban J connectivity index is 2.42. The third-order valence-electron chi connectivity index (χ3n) is 3.87. The number of fused-ring (bicyclic) bond motifs is 1. The van der Waals surface area contributed by atoms with Gasteiger partial charge in [-0.05, 0) is 37.0 Å². The van der Waals surface area contributed by atoms with E-state index in [0.29, 0.717) is 12.2 Å². The fraction of sp³-hybridized carbons (Fsp3) is 0.444. The molecule has 0 aliphatic rings. The van der Waals surface area contributed by atoms with Gasteiger partial charge in [-0.2, -0.15) is 5.10 Å². The first-order chi connectivity index (χ1) is 10.9. The van der Waals surface area contributed by atoms with Gasteiger partial charge in [0.15, 0.2) is 0 Å². The summed E-state index contributed by atoms with van der Waals surface area (Å²) < 4.78 is 7.06. The van der Waals surface area contributed by atoms with Crippen molar-refractivity contribution in [2.75, 3.05) is 13.7 Å². The molecule has 0 spiro atoms. The first-order valence-corrected chi connectivity index (χ1v) is 7.85. The molecule has 0 amide bonds. The largest absolute Gasteiger partial charge is 0.478 e. The number of rotatable bonds is 7. The number of hydrogen-bond donors (Lipinski definition) is 1. The van der Waals surface area contributed by atoms with Gasteiger partial charge in [0.05, 0.1) is 11.2 Å². The quantitative estimate of drug-likeness (QED) is 0.627. The SMILES string of the molecule is COCCCn1nc(C)c2ccc(C=C(C(=O)O)C(C)C)cc21. The Morgan fingerprint density at radius 1 is 1.43 bits per heavy atom. The van der Waals surface area contributed by atoms with Crippen LogP contribution in [0.2, 0.25) is 0 Å². The molecule has 0 aliphatic heterocycles. The van der Waals surface area contributed by atoms with E-state index in [0.717, 1.165) is 35.1 Å². The summed E-state index contributed by atoms with van der Waals surface area (Å²) in [7, 11) is 1.69. The molecule has 0 saturated heterocycles. The van der Waals surface area contributed by atoms with Crippen molar-refractivity contribution in [3.8, 4) is 0 Å². The van der Waals surface area contributed by atoms with Crippen molar-refractivity contribution in [2.24, 2.45) is 5.92 Å². The Morgan fingerprint density at radius 2 is 2.17 bits per heavy atom. The fourth-order valence-electron chi connectivity index (χ4n) is 2.63. The first-order valence-electron chi connectivity index (χ1n) is 7.85. The zero-order valence-electron chi connectivity index (χ0n) is 14.2. The molecule has 0 fully saturated rings. The maximum atomic E-state index is 11.4. The minimum absolute atomic E-state index is 0.0310. The minimum atomic E-state index is -0.870. The molecule has 5 nitrogen and oxygen atoms in total. The molecule has 2 rings (SSSR count). The second kappa shape index (κ2) is 7.42. The normalized spacial score (nSPS) is 12.3. The third-order valence-corrected chi connectivity index (χ3v) is 3.87. The highest BCUT2D eigenvalue weighted by atomic mass is 16.5. The van der Waals surface area contributed by atoms with Crippen LogP contribution in [0.4, 0.5) is 0 Å². The van der Waals surface area contributed by atoms with Crippen molar-refractivity contribution in [3.63, 3.8) is 0 Å². The summed E-state index contributed by atoms with van der Waals surface area (Å²) in [5.74, 6) is -0.901. The number of carboxylic acids is 1. The van der Waals surface area contributed by atoms with Crippen LogP contribution >= 0.6 is 0 Å². The zero-order valence-corrected chi connectivity index (χ0v) is 14.2. The number of aryl methyl sites for hydroxylation is 2. The number of benzene rings is 1. The van der Waals surface area contributed by atoms with Crippen molar-refractivity contribution >= 4 is 22.9 Å². The zero-order chi connectivity index (χ0) is 17.0. The highest BCUT2D eigenvalue weighted by Crippen LogP contribution is 2.23. The van der Waals surface area contributed by atoms with Crippen molar-refractivity contribution in [2.45, 2.75) is 33.7 Å². The van der Waals surface area contributed by atoms with Crippen molar-refractivity contribution in [1.29, 1.82) is 0 Å². The Hall–Kier alpha value is -2.14. The Kier molecular flexibility index (Phi) is 5.55. The van der Waals surface area contributed by atoms with E-state index in [1.165, 1.54) is 0 Å². The molecule has 0 atom stereocenters.